The van der Waals surface area contributed by atoms with Gasteiger partial charge in [0.25, 0.3) is 5.91 Å². The van der Waals surface area contributed by atoms with Gasteiger partial charge >= 0.3 is 0 Å². The molecule has 0 saturated heterocycles. The van der Waals surface area contributed by atoms with Gasteiger partial charge in [-0.2, -0.15) is 5.10 Å². The van der Waals surface area contributed by atoms with E-state index in [1.54, 1.807) is 36.1 Å². The number of nitrogens with one attached hydrogen (secondary N) is 1. The molecule has 0 atom stereocenters. The third-order valence-corrected chi connectivity index (χ3v) is 2.85. The van der Waals surface area contributed by atoms with E-state index in [1.807, 2.05) is 13.0 Å². The lowest BCUT2D eigenvalue weighted by Gasteiger charge is -2.05. The first-order valence-electron chi connectivity index (χ1n) is 6.18. The Kier molecular flexibility index (Phi) is 3.85. The summed E-state index contributed by atoms with van der Waals surface area (Å²) in [6.45, 7) is 2.35. The van der Waals surface area contributed by atoms with Crippen LogP contribution in [-0.4, -0.2) is 20.8 Å². The van der Waals surface area contributed by atoms with E-state index in [1.165, 1.54) is 0 Å². The minimum Gasteiger partial charge on any atom is -0.508 e. The largest absolute Gasteiger partial charge is 0.508 e. The van der Waals surface area contributed by atoms with Gasteiger partial charge in [-0.1, -0.05) is 19.1 Å². The van der Waals surface area contributed by atoms with E-state index in [4.69, 9.17) is 0 Å². The fourth-order valence-corrected chi connectivity index (χ4v) is 1.93. The van der Waals surface area contributed by atoms with E-state index in [-0.39, 0.29) is 11.7 Å². The molecule has 0 radical (unpaired) electrons. The molecule has 1 aromatic carbocycles. The number of nitrogens with zero attached hydrogens (tertiary/aromatic N) is 2. The third-order valence-electron chi connectivity index (χ3n) is 2.85. The first kappa shape index (κ1) is 13.1. The van der Waals surface area contributed by atoms with Crippen LogP contribution in [0, 0.1) is 0 Å². The number of carbonyl (C=O) groups is 1. The summed E-state index contributed by atoms with van der Waals surface area (Å²) in [5.41, 5.74) is 2.25. The summed E-state index contributed by atoms with van der Waals surface area (Å²) in [7, 11) is 1.80. The topological polar surface area (TPSA) is 67.2 Å². The molecule has 100 valence electrons. The molecule has 1 heterocycles. The molecule has 0 fully saturated rings. The number of aromatic nitrogens is 2. The van der Waals surface area contributed by atoms with Crippen molar-refractivity contribution in [3.63, 3.8) is 0 Å². The van der Waals surface area contributed by atoms with Crippen LogP contribution < -0.4 is 5.32 Å². The summed E-state index contributed by atoms with van der Waals surface area (Å²) in [5.74, 6) is 0.0515. The molecule has 5 nitrogen and oxygen atoms in total. The Bertz CT molecular complexity index is 590. The summed E-state index contributed by atoms with van der Waals surface area (Å²) in [4.78, 5) is 12.1. The van der Waals surface area contributed by atoms with Gasteiger partial charge in [0, 0.05) is 19.8 Å². The zero-order valence-electron chi connectivity index (χ0n) is 11.1. The molecule has 0 spiro atoms. The van der Waals surface area contributed by atoms with Gasteiger partial charge in [0.2, 0.25) is 0 Å². The second kappa shape index (κ2) is 5.56. The van der Waals surface area contributed by atoms with E-state index in [9.17, 15) is 9.90 Å². The van der Waals surface area contributed by atoms with E-state index in [2.05, 4.69) is 10.4 Å². The van der Waals surface area contributed by atoms with Gasteiger partial charge in [-0.05, 0) is 24.1 Å². The van der Waals surface area contributed by atoms with Crippen molar-refractivity contribution in [3.8, 4) is 5.75 Å². The van der Waals surface area contributed by atoms with Crippen LogP contribution in [-0.2, 0) is 20.0 Å². The summed E-state index contributed by atoms with van der Waals surface area (Å²) in [5, 5.41) is 16.4. The van der Waals surface area contributed by atoms with Crippen LogP contribution in [0.1, 0.15) is 28.5 Å². The highest BCUT2D eigenvalue weighted by Gasteiger charge is 2.13. The standard InChI is InChI=1S/C14H17N3O2/c1-3-13-12(9-17(2)16-13)14(19)15-8-10-5-4-6-11(18)7-10/h4-7,9,18H,3,8H2,1-2H3,(H,15,19). The Morgan fingerprint density at radius 2 is 2.26 bits per heavy atom. The van der Waals surface area contributed by atoms with Gasteiger partial charge in [0.05, 0.1) is 11.3 Å². The van der Waals surface area contributed by atoms with Crippen molar-refractivity contribution in [2.24, 2.45) is 7.05 Å². The fraction of sp³-hybridized carbons (Fsp3) is 0.286. The molecule has 19 heavy (non-hydrogen) atoms. The fourth-order valence-electron chi connectivity index (χ4n) is 1.93. The van der Waals surface area contributed by atoms with Gasteiger partial charge < -0.3 is 10.4 Å². The summed E-state index contributed by atoms with van der Waals surface area (Å²) < 4.78 is 1.64. The highest BCUT2D eigenvalue weighted by atomic mass is 16.3. The number of hydrogen-bond donors (Lipinski definition) is 2. The van der Waals surface area contributed by atoms with E-state index < -0.39 is 0 Å². The molecule has 1 amide bonds. The molecule has 5 heteroatoms. The van der Waals surface area contributed by atoms with Gasteiger partial charge in [-0.15, -0.1) is 0 Å². The van der Waals surface area contributed by atoms with Gasteiger partial charge in [0.15, 0.2) is 0 Å². The van der Waals surface area contributed by atoms with Crippen molar-refractivity contribution in [2.75, 3.05) is 0 Å². The van der Waals surface area contributed by atoms with Crippen molar-refractivity contribution < 1.29 is 9.90 Å². The first-order chi connectivity index (χ1) is 9.10. The summed E-state index contributed by atoms with van der Waals surface area (Å²) in [6.07, 6.45) is 2.44. The van der Waals surface area contributed by atoms with Crippen LogP contribution in [0.25, 0.3) is 0 Å². The van der Waals surface area contributed by atoms with Crippen molar-refractivity contribution >= 4 is 5.91 Å². The maximum atomic E-state index is 12.1. The molecule has 0 aliphatic rings. The Balaban J connectivity index is 2.05. The van der Waals surface area contributed by atoms with Crippen LogP contribution in [0.2, 0.25) is 0 Å². The van der Waals surface area contributed by atoms with Crippen molar-refractivity contribution in [1.29, 1.82) is 0 Å². The predicted octanol–water partition coefficient (Wildman–Crippen LogP) is 1.62. The monoisotopic (exact) mass is 259 g/mol. The molecule has 1 aromatic heterocycles. The highest BCUT2D eigenvalue weighted by molar-refractivity contribution is 5.95. The Hall–Kier alpha value is -2.30. The molecule has 0 unspecified atom stereocenters. The van der Waals surface area contributed by atoms with Crippen molar-refractivity contribution in [2.45, 2.75) is 19.9 Å². The molecule has 0 aliphatic carbocycles. The lowest BCUT2D eigenvalue weighted by atomic mass is 10.2. The molecular weight excluding hydrogens is 242 g/mol. The van der Waals surface area contributed by atoms with Gasteiger partial charge in [-0.3, -0.25) is 9.48 Å². The van der Waals surface area contributed by atoms with E-state index in [0.717, 1.165) is 17.7 Å². The van der Waals surface area contributed by atoms with Crippen LogP contribution in [0.3, 0.4) is 0 Å². The van der Waals surface area contributed by atoms with Crippen molar-refractivity contribution in [3.05, 3.63) is 47.3 Å². The number of phenols is 1. The zero-order valence-corrected chi connectivity index (χ0v) is 11.1. The number of hydrogen-bond acceptors (Lipinski definition) is 3. The molecule has 2 aromatic rings. The first-order valence-corrected chi connectivity index (χ1v) is 6.18. The number of aryl methyl sites for hydroxylation is 2. The molecule has 0 aliphatic heterocycles. The Labute approximate surface area is 111 Å². The number of aromatic hydroxyl groups is 1. The predicted molar refractivity (Wildman–Crippen MR) is 71.9 cm³/mol. The number of rotatable bonds is 4. The van der Waals surface area contributed by atoms with Gasteiger partial charge in [0.1, 0.15) is 5.75 Å². The normalized spacial score (nSPS) is 10.4. The molecular formula is C14H17N3O2. The average Bonchev–Trinajstić information content (AvgIpc) is 2.77. The van der Waals surface area contributed by atoms with Crippen LogP contribution in [0.5, 0.6) is 5.75 Å². The zero-order chi connectivity index (χ0) is 13.8. The molecule has 0 saturated carbocycles. The van der Waals surface area contributed by atoms with Gasteiger partial charge in [-0.25, -0.2) is 0 Å². The smallest absolute Gasteiger partial charge is 0.255 e. The lowest BCUT2D eigenvalue weighted by Crippen LogP contribution is -2.23. The van der Waals surface area contributed by atoms with Crippen LogP contribution in [0.4, 0.5) is 0 Å². The lowest BCUT2D eigenvalue weighted by molar-refractivity contribution is 0.0950. The summed E-state index contributed by atoms with van der Waals surface area (Å²) >= 11 is 0. The number of amides is 1. The van der Waals surface area contributed by atoms with Crippen LogP contribution in [0.15, 0.2) is 30.5 Å². The second-order valence-electron chi connectivity index (χ2n) is 4.37. The quantitative estimate of drug-likeness (QED) is 0.876. The maximum absolute atomic E-state index is 12.1. The number of carbonyl (C=O) groups excluding carboxylic acids is 1. The molecule has 2 rings (SSSR count). The third kappa shape index (κ3) is 3.13. The van der Waals surface area contributed by atoms with Crippen molar-refractivity contribution in [1.82, 2.24) is 15.1 Å². The maximum Gasteiger partial charge on any atom is 0.255 e. The SMILES string of the molecule is CCc1nn(C)cc1C(=O)NCc1cccc(O)c1. The molecule has 2 N–H and O–H groups in total. The minimum absolute atomic E-state index is 0.145. The molecule has 0 bridgehead atoms. The average molecular weight is 259 g/mol. The number of phenolic OH excluding ortho intramolecular Hbond substituents is 1. The number of benzene rings is 1. The second-order valence-corrected chi connectivity index (χ2v) is 4.37. The Morgan fingerprint density at radius 1 is 1.47 bits per heavy atom. The van der Waals surface area contributed by atoms with Crippen LogP contribution >= 0.6 is 0 Å². The Morgan fingerprint density at radius 3 is 2.95 bits per heavy atom. The van der Waals surface area contributed by atoms with E-state index in [0.29, 0.717) is 12.1 Å². The minimum atomic E-state index is -0.145. The van der Waals surface area contributed by atoms with E-state index >= 15 is 0 Å². The summed E-state index contributed by atoms with van der Waals surface area (Å²) in [6, 6.07) is 6.83. The highest BCUT2D eigenvalue weighted by Crippen LogP contribution is 2.11.